The molecule has 2 fully saturated rings. The zero-order chi connectivity index (χ0) is 12.5. The second-order valence-corrected chi connectivity index (χ2v) is 7.05. The van der Waals surface area contributed by atoms with Crippen molar-refractivity contribution in [3.05, 3.63) is 15.6 Å². The lowest BCUT2D eigenvalue weighted by molar-refractivity contribution is 0.123. The lowest BCUT2D eigenvalue weighted by Gasteiger charge is -2.24. The predicted octanol–water partition coefficient (Wildman–Crippen LogP) is 4.13. The molecule has 0 atom stereocenters. The Hall–Kier alpha value is -0.410. The second-order valence-electron chi connectivity index (χ2n) is 5.99. The highest BCUT2D eigenvalue weighted by Gasteiger charge is 2.27. The third kappa shape index (κ3) is 2.48. The first-order chi connectivity index (χ1) is 8.74. The van der Waals surface area contributed by atoms with Gasteiger partial charge in [0.2, 0.25) is 0 Å². The molecule has 0 unspecified atom stereocenters. The highest BCUT2D eigenvalue weighted by Crippen LogP contribution is 2.42. The van der Waals surface area contributed by atoms with Crippen LogP contribution in [0.4, 0.5) is 0 Å². The quantitative estimate of drug-likeness (QED) is 0.872. The van der Waals surface area contributed by atoms with Gasteiger partial charge in [0.1, 0.15) is 0 Å². The van der Waals surface area contributed by atoms with Crippen LogP contribution in [0.3, 0.4) is 0 Å². The molecule has 2 saturated carbocycles. The molecule has 3 rings (SSSR count). The fourth-order valence-corrected chi connectivity index (χ4v) is 4.90. The Kier molecular flexibility index (Phi) is 3.71. The Morgan fingerprint density at radius 1 is 1.00 bits per heavy atom. The second kappa shape index (κ2) is 5.30. The zero-order valence-electron chi connectivity index (χ0n) is 11.2. The van der Waals surface area contributed by atoms with Gasteiger partial charge >= 0.3 is 0 Å². The van der Waals surface area contributed by atoms with Gasteiger partial charge in [0.15, 0.2) is 0 Å². The average Bonchev–Trinajstić information content (AvgIpc) is 2.99. The van der Waals surface area contributed by atoms with E-state index < -0.39 is 0 Å². The van der Waals surface area contributed by atoms with Crippen molar-refractivity contribution in [2.45, 2.75) is 76.2 Å². The molecule has 1 N–H and O–H groups in total. The van der Waals surface area contributed by atoms with Gasteiger partial charge < -0.3 is 5.11 Å². The van der Waals surface area contributed by atoms with E-state index in [-0.39, 0.29) is 6.10 Å². The molecule has 0 radical (unpaired) electrons. The average molecular weight is 265 g/mol. The van der Waals surface area contributed by atoms with Gasteiger partial charge in [0.25, 0.3) is 0 Å². The summed E-state index contributed by atoms with van der Waals surface area (Å²) < 4.78 is 0. The molecule has 0 spiro atoms. The Morgan fingerprint density at radius 3 is 2.33 bits per heavy atom. The normalized spacial score (nSPS) is 29.9. The Morgan fingerprint density at radius 2 is 1.67 bits per heavy atom. The summed E-state index contributed by atoms with van der Waals surface area (Å²) in [6.07, 6.45) is 9.64. The van der Waals surface area contributed by atoms with Gasteiger partial charge in [-0.05, 0) is 51.4 Å². The van der Waals surface area contributed by atoms with Crippen LogP contribution in [-0.2, 0) is 0 Å². The number of hydrogen-bond acceptors (Lipinski definition) is 3. The molecular weight excluding hydrogens is 242 g/mol. The Bertz CT molecular complexity index is 401. The minimum atomic E-state index is -0.0521. The van der Waals surface area contributed by atoms with E-state index in [0.717, 1.165) is 31.6 Å². The van der Waals surface area contributed by atoms with Crippen molar-refractivity contribution in [3.8, 4) is 0 Å². The van der Waals surface area contributed by atoms with Gasteiger partial charge in [-0.3, -0.25) is 0 Å². The maximum absolute atomic E-state index is 9.61. The maximum atomic E-state index is 9.61. The first-order valence-corrected chi connectivity index (χ1v) is 8.21. The van der Waals surface area contributed by atoms with Gasteiger partial charge in [-0.15, -0.1) is 11.3 Å². The van der Waals surface area contributed by atoms with Gasteiger partial charge in [-0.2, -0.15) is 0 Å². The Labute approximate surface area is 113 Å². The van der Waals surface area contributed by atoms with E-state index >= 15 is 0 Å². The number of thiazole rings is 1. The third-order valence-corrected chi connectivity index (χ3v) is 6.10. The molecule has 3 heteroatoms. The largest absolute Gasteiger partial charge is 0.393 e. The van der Waals surface area contributed by atoms with E-state index in [9.17, 15) is 5.11 Å². The molecule has 100 valence electrons. The summed E-state index contributed by atoms with van der Waals surface area (Å²) in [5, 5.41) is 11.0. The van der Waals surface area contributed by atoms with Crippen LogP contribution in [0.15, 0.2) is 0 Å². The van der Waals surface area contributed by atoms with Crippen LogP contribution < -0.4 is 0 Å². The summed E-state index contributed by atoms with van der Waals surface area (Å²) in [7, 11) is 0. The molecule has 1 aromatic rings. The third-order valence-electron chi connectivity index (χ3n) is 4.62. The van der Waals surface area contributed by atoms with Gasteiger partial charge in [-0.1, -0.05) is 12.8 Å². The summed E-state index contributed by atoms with van der Waals surface area (Å²) in [6, 6.07) is 0. The fourth-order valence-electron chi connectivity index (χ4n) is 3.49. The number of hydrogen-bond donors (Lipinski definition) is 1. The predicted molar refractivity (Wildman–Crippen MR) is 75.3 cm³/mol. The highest BCUT2D eigenvalue weighted by molar-refractivity contribution is 7.12. The van der Waals surface area contributed by atoms with Gasteiger partial charge in [-0.25, -0.2) is 4.98 Å². The van der Waals surface area contributed by atoms with Crippen molar-refractivity contribution in [1.82, 2.24) is 4.98 Å². The van der Waals surface area contributed by atoms with Gasteiger partial charge in [0, 0.05) is 10.8 Å². The number of rotatable bonds is 2. The Balaban J connectivity index is 1.75. The van der Waals surface area contributed by atoms with Crippen LogP contribution in [0, 0.1) is 6.92 Å². The number of aromatic nitrogens is 1. The van der Waals surface area contributed by atoms with Crippen LogP contribution >= 0.6 is 11.3 Å². The molecule has 18 heavy (non-hydrogen) atoms. The molecular formula is C15H23NOS. The molecule has 0 amide bonds. The summed E-state index contributed by atoms with van der Waals surface area (Å²) in [4.78, 5) is 6.36. The minimum Gasteiger partial charge on any atom is -0.393 e. The van der Waals surface area contributed by atoms with Crippen LogP contribution in [0.25, 0.3) is 0 Å². The molecule has 0 saturated heterocycles. The van der Waals surface area contributed by atoms with Crippen molar-refractivity contribution >= 4 is 11.3 Å². The van der Waals surface area contributed by atoms with Crippen LogP contribution in [0.5, 0.6) is 0 Å². The van der Waals surface area contributed by atoms with Crippen molar-refractivity contribution in [2.24, 2.45) is 0 Å². The highest BCUT2D eigenvalue weighted by atomic mass is 32.1. The summed E-state index contributed by atoms with van der Waals surface area (Å²) in [5.41, 5.74) is 1.27. The molecule has 0 bridgehead atoms. The summed E-state index contributed by atoms with van der Waals surface area (Å²) >= 11 is 1.97. The van der Waals surface area contributed by atoms with Crippen molar-refractivity contribution in [2.75, 3.05) is 0 Å². The zero-order valence-corrected chi connectivity index (χ0v) is 12.0. The van der Waals surface area contributed by atoms with Gasteiger partial charge in [0.05, 0.1) is 16.8 Å². The van der Waals surface area contributed by atoms with Crippen LogP contribution in [0.1, 0.15) is 78.8 Å². The van der Waals surface area contributed by atoms with E-state index in [2.05, 4.69) is 6.92 Å². The fraction of sp³-hybridized carbons (Fsp3) is 0.800. The first kappa shape index (κ1) is 12.6. The number of aliphatic hydroxyl groups excluding tert-OH is 1. The van der Waals surface area contributed by atoms with Crippen molar-refractivity contribution in [3.63, 3.8) is 0 Å². The van der Waals surface area contributed by atoms with E-state index in [1.807, 2.05) is 11.3 Å². The molecule has 1 heterocycles. The number of aryl methyl sites for hydroxylation is 1. The lowest BCUT2D eigenvalue weighted by atomic mass is 9.86. The standard InChI is InChI=1S/C15H23NOS/c1-10-14(11-6-8-13(17)9-7-11)18-15(16-10)12-4-2-3-5-12/h11-13,17H,2-9H2,1H3. The molecule has 2 aliphatic carbocycles. The smallest absolute Gasteiger partial charge is 0.0961 e. The minimum absolute atomic E-state index is 0.0521. The van der Waals surface area contributed by atoms with E-state index in [1.165, 1.54) is 41.3 Å². The molecule has 2 nitrogen and oxygen atoms in total. The molecule has 0 aromatic carbocycles. The first-order valence-electron chi connectivity index (χ1n) is 7.39. The SMILES string of the molecule is Cc1nc(C2CCCC2)sc1C1CCC(O)CC1. The van der Waals surface area contributed by atoms with E-state index in [4.69, 9.17) is 4.98 Å². The van der Waals surface area contributed by atoms with Crippen LogP contribution in [-0.4, -0.2) is 16.2 Å². The van der Waals surface area contributed by atoms with E-state index in [1.54, 1.807) is 0 Å². The molecule has 0 aliphatic heterocycles. The monoisotopic (exact) mass is 265 g/mol. The maximum Gasteiger partial charge on any atom is 0.0961 e. The molecule has 2 aliphatic rings. The number of nitrogens with zero attached hydrogens (tertiary/aromatic N) is 1. The topological polar surface area (TPSA) is 33.1 Å². The van der Waals surface area contributed by atoms with Crippen LogP contribution in [0.2, 0.25) is 0 Å². The summed E-state index contributed by atoms with van der Waals surface area (Å²) in [5.74, 6) is 1.41. The van der Waals surface area contributed by atoms with Crippen molar-refractivity contribution < 1.29 is 5.11 Å². The number of aliphatic hydroxyl groups is 1. The molecule has 1 aromatic heterocycles. The van der Waals surface area contributed by atoms with Crippen molar-refractivity contribution in [1.29, 1.82) is 0 Å². The lowest BCUT2D eigenvalue weighted by Crippen LogP contribution is -2.16. The summed E-state index contributed by atoms with van der Waals surface area (Å²) in [6.45, 7) is 2.18. The van der Waals surface area contributed by atoms with E-state index in [0.29, 0.717) is 5.92 Å².